The Hall–Kier alpha value is -1.28. The average Bonchev–Trinajstić information content (AvgIpc) is 2.30. The van der Waals surface area contributed by atoms with Gasteiger partial charge in [0.25, 0.3) is 11.8 Å². The SMILES string of the molecule is COc1c(OC)c(C(N)=O)c(Br)c(Br)c1C(N)=O. The Kier molecular flexibility index (Phi) is 4.58. The third-order valence-electron chi connectivity index (χ3n) is 2.19. The summed E-state index contributed by atoms with van der Waals surface area (Å²) in [6.45, 7) is 0. The molecule has 8 heteroatoms. The van der Waals surface area contributed by atoms with Gasteiger partial charge in [-0.3, -0.25) is 9.59 Å². The van der Waals surface area contributed by atoms with E-state index < -0.39 is 11.8 Å². The molecule has 0 spiro atoms. The molecule has 0 fully saturated rings. The van der Waals surface area contributed by atoms with Gasteiger partial charge in [0.2, 0.25) is 0 Å². The van der Waals surface area contributed by atoms with E-state index in [2.05, 4.69) is 31.9 Å². The van der Waals surface area contributed by atoms with Gasteiger partial charge >= 0.3 is 0 Å². The molecular formula is C10H10Br2N2O4. The highest BCUT2D eigenvalue weighted by atomic mass is 79.9. The van der Waals surface area contributed by atoms with Crippen LogP contribution in [0.2, 0.25) is 0 Å². The van der Waals surface area contributed by atoms with Crippen LogP contribution in [0.15, 0.2) is 8.95 Å². The summed E-state index contributed by atoms with van der Waals surface area (Å²) in [4.78, 5) is 22.8. The normalized spacial score (nSPS) is 10.0. The van der Waals surface area contributed by atoms with E-state index in [9.17, 15) is 9.59 Å². The number of carbonyl (C=O) groups is 2. The predicted molar refractivity (Wildman–Crippen MR) is 72.0 cm³/mol. The first-order valence-corrected chi connectivity index (χ1v) is 6.17. The number of ether oxygens (including phenoxy) is 2. The van der Waals surface area contributed by atoms with Gasteiger partial charge in [0.05, 0.1) is 14.2 Å². The number of hydrogen-bond acceptors (Lipinski definition) is 4. The van der Waals surface area contributed by atoms with Crippen molar-refractivity contribution in [1.29, 1.82) is 0 Å². The minimum absolute atomic E-state index is 0.0499. The van der Waals surface area contributed by atoms with E-state index in [4.69, 9.17) is 20.9 Å². The summed E-state index contributed by atoms with van der Waals surface area (Å²) in [5, 5.41) is 0. The zero-order valence-corrected chi connectivity index (χ0v) is 12.7. The second kappa shape index (κ2) is 5.57. The minimum Gasteiger partial charge on any atom is -0.492 e. The molecule has 0 saturated heterocycles. The van der Waals surface area contributed by atoms with E-state index in [1.807, 2.05) is 0 Å². The zero-order valence-electron chi connectivity index (χ0n) is 9.54. The molecule has 98 valence electrons. The number of nitrogens with two attached hydrogens (primary N) is 2. The van der Waals surface area contributed by atoms with Crippen molar-refractivity contribution in [2.45, 2.75) is 0 Å². The first-order chi connectivity index (χ1) is 8.36. The number of carbonyl (C=O) groups excluding carboxylic acids is 2. The third-order valence-corrected chi connectivity index (χ3v) is 4.31. The summed E-state index contributed by atoms with van der Waals surface area (Å²) in [5.41, 5.74) is 10.7. The lowest BCUT2D eigenvalue weighted by Crippen LogP contribution is -2.19. The number of halogens is 2. The van der Waals surface area contributed by atoms with Gasteiger partial charge < -0.3 is 20.9 Å². The van der Waals surface area contributed by atoms with Gasteiger partial charge in [0.15, 0.2) is 11.5 Å². The number of methoxy groups -OCH3 is 2. The van der Waals surface area contributed by atoms with Crippen LogP contribution < -0.4 is 20.9 Å². The second-order valence-electron chi connectivity index (χ2n) is 3.17. The Balaban J connectivity index is 3.86. The molecule has 4 N–H and O–H groups in total. The number of rotatable bonds is 4. The maximum Gasteiger partial charge on any atom is 0.253 e. The van der Waals surface area contributed by atoms with E-state index in [0.717, 1.165) is 0 Å². The second-order valence-corrected chi connectivity index (χ2v) is 4.76. The summed E-state index contributed by atoms with van der Waals surface area (Å²) >= 11 is 6.33. The van der Waals surface area contributed by atoms with Crippen molar-refractivity contribution in [3.63, 3.8) is 0 Å². The minimum atomic E-state index is -0.728. The van der Waals surface area contributed by atoms with Crippen LogP contribution in [-0.2, 0) is 0 Å². The Morgan fingerprint density at radius 1 is 0.889 bits per heavy atom. The largest absolute Gasteiger partial charge is 0.492 e. The van der Waals surface area contributed by atoms with Crippen molar-refractivity contribution in [1.82, 2.24) is 0 Å². The molecule has 1 rings (SSSR count). The summed E-state index contributed by atoms with van der Waals surface area (Å²) in [5.74, 6) is -1.36. The highest BCUT2D eigenvalue weighted by Gasteiger charge is 2.28. The van der Waals surface area contributed by atoms with Crippen LogP contribution in [0.4, 0.5) is 0 Å². The Bertz CT molecular complexity index is 484. The van der Waals surface area contributed by atoms with Crippen LogP contribution in [0.5, 0.6) is 11.5 Å². The highest BCUT2D eigenvalue weighted by molar-refractivity contribution is 9.13. The maximum atomic E-state index is 11.4. The van der Waals surface area contributed by atoms with E-state index in [0.29, 0.717) is 0 Å². The van der Waals surface area contributed by atoms with E-state index >= 15 is 0 Å². The van der Waals surface area contributed by atoms with Crippen molar-refractivity contribution >= 4 is 43.7 Å². The van der Waals surface area contributed by atoms with Crippen LogP contribution >= 0.6 is 31.9 Å². The molecule has 0 aliphatic rings. The first kappa shape index (κ1) is 14.8. The van der Waals surface area contributed by atoms with Gasteiger partial charge in [-0.05, 0) is 31.9 Å². The molecular weight excluding hydrogens is 372 g/mol. The Morgan fingerprint density at radius 2 is 1.17 bits per heavy atom. The summed E-state index contributed by atoms with van der Waals surface area (Å²) in [7, 11) is 2.66. The molecule has 0 heterocycles. The van der Waals surface area contributed by atoms with Gasteiger partial charge in [0, 0.05) is 8.95 Å². The summed E-state index contributed by atoms with van der Waals surface area (Å²) in [6.07, 6.45) is 0. The van der Waals surface area contributed by atoms with Gasteiger partial charge in [-0.25, -0.2) is 0 Å². The van der Waals surface area contributed by atoms with Crippen molar-refractivity contribution in [2.24, 2.45) is 11.5 Å². The van der Waals surface area contributed by atoms with Crippen LogP contribution in [-0.4, -0.2) is 26.0 Å². The number of primary amides is 2. The lowest BCUT2D eigenvalue weighted by atomic mass is 10.1. The molecule has 2 amide bonds. The van der Waals surface area contributed by atoms with Gasteiger partial charge in [-0.2, -0.15) is 0 Å². The maximum absolute atomic E-state index is 11.4. The molecule has 0 atom stereocenters. The van der Waals surface area contributed by atoms with Crippen LogP contribution in [0.1, 0.15) is 20.7 Å². The fraction of sp³-hybridized carbons (Fsp3) is 0.200. The topological polar surface area (TPSA) is 105 Å². The van der Waals surface area contributed by atoms with Gasteiger partial charge in [-0.1, -0.05) is 0 Å². The zero-order chi connectivity index (χ0) is 14.0. The summed E-state index contributed by atoms with van der Waals surface area (Å²) < 4.78 is 10.7. The highest BCUT2D eigenvalue weighted by Crippen LogP contribution is 2.44. The van der Waals surface area contributed by atoms with Crippen molar-refractivity contribution < 1.29 is 19.1 Å². The lowest BCUT2D eigenvalue weighted by Gasteiger charge is -2.17. The third kappa shape index (κ3) is 2.30. The van der Waals surface area contributed by atoms with E-state index in [1.165, 1.54) is 14.2 Å². The van der Waals surface area contributed by atoms with Crippen molar-refractivity contribution in [3.8, 4) is 11.5 Å². The Labute approximate surface area is 120 Å². The van der Waals surface area contributed by atoms with Gasteiger partial charge in [0.1, 0.15) is 11.1 Å². The smallest absolute Gasteiger partial charge is 0.253 e. The number of amides is 2. The predicted octanol–water partition coefficient (Wildman–Crippen LogP) is 1.43. The molecule has 0 radical (unpaired) electrons. The fourth-order valence-electron chi connectivity index (χ4n) is 1.48. The number of benzene rings is 1. The fourth-order valence-corrected chi connectivity index (χ4v) is 2.62. The monoisotopic (exact) mass is 380 g/mol. The molecule has 0 unspecified atom stereocenters. The lowest BCUT2D eigenvalue weighted by molar-refractivity contribution is 0.0981. The van der Waals surface area contributed by atoms with E-state index in [1.54, 1.807) is 0 Å². The Morgan fingerprint density at radius 3 is 1.33 bits per heavy atom. The number of hydrogen-bond donors (Lipinski definition) is 2. The molecule has 0 bridgehead atoms. The quantitative estimate of drug-likeness (QED) is 0.822. The molecule has 0 saturated carbocycles. The molecule has 6 nitrogen and oxygen atoms in total. The summed E-state index contributed by atoms with van der Waals surface area (Å²) in [6, 6.07) is 0. The van der Waals surface area contributed by atoms with Crippen LogP contribution in [0.25, 0.3) is 0 Å². The first-order valence-electron chi connectivity index (χ1n) is 4.59. The molecule has 0 aliphatic heterocycles. The van der Waals surface area contributed by atoms with Crippen LogP contribution in [0.3, 0.4) is 0 Å². The van der Waals surface area contributed by atoms with Crippen molar-refractivity contribution in [3.05, 3.63) is 20.1 Å². The van der Waals surface area contributed by atoms with Crippen LogP contribution in [0, 0.1) is 0 Å². The molecule has 1 aromatic carbocycles. The van der Waals surface area contributed by atoms with Crippen molar-refractivity contribution in [2.75, 3.05) is 14.2 Å². The molecule has 0 aromatic heterocycles. The van der Waals surface area contributed by atoms with E-state index in [-0.39, 0.29) is 31.6 Å². The average molecular weight is 382 g/mol. The van der Waals surface area contributed by atoms with Gasteiger partial charge in [-0.15, -0.1) is 0 Å². The molecule has 0 aliphatic carbocycles. The molecule has 18 heavy (non-hydrogen) atoms. The molecule has 1 aromatic rings. The standard InChI is InChI=1S/C10H10Br2N2O4/c1-17-7-3(9(13)15)5(11)6(12)4(10(14)16)8(7)18-2/h1-2H3,(H2,13,15)(H2,14,16).